The summed E-state index contributed by atoms with van der Waals surface area (Å²) in [5, 5.41) is 9.16. The maximum absolute atomic E-state index is 11.3. The summed E-state index contributed by atoms with van der Waals surface area (Å²) in [7, 11) is 1.32. The second kappa shape index (κ2) is 4.61. The van der Waals surface area contributed by atoms with E-state index in [-0.39, 0.29) is 11.8 Å². The number of hydrogen-bond acceptors (Lipinski definition) is 3. The van der Waals surface area contributed by atoms with Crippen LogP contribution < -0.4 is 0 Å². The zero-order valence-corrected chi connectivity index (χ0v) is 10.6. The van der Waals surface area contributed by atoms with Gasteiger partial charge in [-0.2, -0.15) is 0 Å². The Morgan fingerprint density at radius 1 is 1.44 bits per heavy atom. The van der Waals surface area contributed by atoms with Crippen LogP contribution in [0.25, 0.3) is 0 Å². The van der Waals surface area contributed by atoms with Crippen LogP contribution in [-0.4, -0.2) is 30.0 Å². The summed E-state index contributed by atoms with van der Waals surface area (Å²) < 4.78 is 4.60. The predicted molar refractivity (Wildman–Crippen MR) is 65.9 cm³/mol. The fourth-order valence-electron chi connectivity index (χ4n) is 2.15. The molecule has 1 saturated carbocycles. The van der Waals surface area contributed by atoms with E-state index in [1.165, 1.54) is 7.11 Å². The number of rotatable bonds is 4. The van der Waals surface area contributed by atoms with Crippen LogP contribution in [0.1, 0.15) is 28.3 Å². The number of benzene rings is 1. The van der Waals surface area contributed by atoms with Crippen LogP contribution in [0, 0.1) is 5.41 Å². The molecule has 5 heteroatoms. The van der Waals surface area contributed by atoms with E-state index in [2.05, 4.69) is 4.74 Å². The first kappa shape index (κ1) is 12.9. The van der Waals surface area contributed by atoms with Gasteiger partial charge in [-0.3, -0.25) is 4.79 Å². The highest BCUT2D eigenvalue weighted by molar-refractivity contribution is 6.20. The third-order valence-corrected chi connectivity index (χ3v) is 3.95. The van der Waals surface area contributed by atoms with Crippen molar-refractivity contribution in [3.05, 3.63) is 35.4 Å². The van der Waals surface area contributed by atoms with Gasteiger partial charge < -0.3 is 9.84 Å². The first-order chi connectivity index (χ1) is 8.55. The minimum atomic E-state index is -0.862. The average Bonchev–Trinajstić information content (AvgIpc) is 3.14. The number of ether oxygens (including phenoxy) is 1. The Morgan fingerprint density at radius 2 is 2.06 bits per heavy atom. The Hall–Kier alpha value is -1.55. The minimum Gasteiger partial charge on any atom is -0.481 e. The number of carbonyl (C=O) groups is 2. The molecule has 2 atom stereocenters. The van der Waals surface area contributed by atoms with E-state index in [9.17, 15) is 9.59 Å². The Labute approximate surface area is 110 Å². The van der Waals surface area contributed by atoms with Crippen molar-refractivity contribution in [1.29, 1.82) is 0 Å². The zero-order valence-electron chi connectivity index (χ0n) is 9.85. The van der Waals surface area contributed by atoms with Crippen molar-refractivity contribution < 1.29 is 19.4 Å². The van der Waals surface area contributed by atoms with Crippen molar-refractivity contribution in [3.63, 3.8) is 0 Å². The molecule has 1 N–H and O–H groups in total. The second-order valence-corrected chi connectivity index (χ2v) is 4.73. The molecule has 1 aromatic carbocycles. The van der Waals surface area contributed by atoms with Crippen molar-refractivity contribution in [3.8, 4) is 0 Å². The highest BCUT2D eigenvalue weighted by atomic mass is 35.5. The highest BCUT2D eigenvalue weighted by Gasteiger charge is 2.60. The van der Waals surface area contributed by atoms with Gasteiger partial charge in [0.25, 0.3) is 0 Å². The highest BCUT2D eigenvalue weighted by Crippen LogP contribution is 2.60. The second-order valence-electron chi connectivity index (χ2n) is 4.47. The molecule has 1 aromatic rings. The molecule has 1 aliphatic carbocycles. The molecule has 2 rings (SSSR count). The molecule has 0 saturated heterocycles. The standard InChI is InChI=1S/C13H13ClO4/c1-18-11(15)9-4-2-8(3-5-9)10-6-13(10,7-14)12(16)17/h2-5,10H,6-7H2,1H3,(H,16,17)/t10-,13+/m1/s1. The van der Waals surface area contributed by atoms with Gasteiger partial charge in [0, 0.05) is 11.8 Å². The number of aliphatic carboxylic acids is 1. The molecule has 18 heavy (non-hydrogen) atoms. The normalized spacial score (nSPS) is 25.6. The van der Waals surface area contributed by atoms with E-state index in [1.54, 1.807) is 24.3 Å². The average molecular weight is 269 g/mol. The third-order valence-electron chi connectivity index (χ3n) is 3.47. The van der Waals surface area contributed by atoms with Crippen LogP contribution in [0.5, 0.6) is 0 Å². The fraction of sp³-hybridized carbons (Fsp3) is 0.385. The van der Waals surface area contributed by atoms with Crippen LogP contribution in [0.2, 0.25) is 0 Å². The lowest BCUT2D eigenvalue weighted by Gasteiger charge is -2.08. The first-order valence-corrected chi connectivity index (χ1v) is 6.06. The van der Waals surface area contributed by atoms with Gasteiger partial charge in [-0.25, -0.2) is 4.79 Å². The summed E-state index contributed by atoms with van der Waals surface area (Å²) in [6.07, 6.45) is 0.545. The Bertz CT molecular complexity index is 482. The van der Waals surface area contributed by atoms with Crippen LogP contribution in [0.15, 0.2) is 24.3 Å². The number of hydrogen-bond donors (Lipinski definition) is 1. The molecule has 0 aromatic heterocycles. The number of carboxylic acids is 1. The van der Waals surface area contributed by atoms with Gasteiger partial charge in [0.15, 0.2) is 0 Å². The molecule has 0 amide bonds. The SMILES string of the molecule is COC(=O)c1ccc([C@H]2C[C@@]2(CCl)C(=O)O)cc1. The largest absolute Gasteiger partial charge is 0.481 e. The maximum atomic E-state index is 11.3. The van der Waals surface area contributed by atoms with E-state index in [0.717, 1.165) is 5.56 Å². The van der Waals surface area contributed by atoms with Crippen molar-refractivity contribution in [2.45, 2.75) is 12.3 Å². The fourth-order valence-corrected chi connectivity index (χ4v) is 2.56. The molecule has 0 heterocycles. The molecular formula is C13H13ClO4. The molecule has 0 aliphatic heterocycles. The van der Waals surface area contributed by atoms with Crippen LogP contribution >= 0.6 is 11.6 Å². The smallest absolute Gasteiger partial charge is 0.337 e. The lowest BCUT2D eigenvalue weighted by Crippen LogP contribution is -2.18. The molecule has 0 unspecified atom stereocenters. The van der Waals surface area contributed by atoms with Gasteiger partial charge >= 0.3 is 11.9 Å². The van der Waals surface area contributed by atoms with Gasteiger partial charge in [0.1, 0.15) is 0 Å². The van der Waals surface area contributed by atoms with Crippen molar-refractivity contribution >= 4 is 23.5 Å². The van der Waals surface area contributed by atoms with Crippen molar-refractivity contribution in [2.24, 2.45) is 5.41 Å². The van der Waals surface area contributed by atoms with Gasteiger partial charge in [-0.05, 0) is 24.1 Å². The lowest BCUT2D eigenvalue weighted by molar-refractivity contribution is -0.142. The lowest BCUT2D eigenvalue weighted by atomic mass is 10.00. The van der Waals surface area contributed by atoms with Crippen LogP contribution in [0.3, 0.4) is 0 Å². The number of methoxy groups -OCH3 is 1. The van der Waals surface area contributed by atoms with Crippen LogP contribution in [-0.2, 0) is 9.53 Å². The molecule has 0 spiro atoms. The quantitative estimate of drug-likeness (QED) is 0.672. The summed E-state index contributed by atoms with van der Waals surface area (Å²) in [6, 6.07) is 6.79. The molecular weight excluding hydrogens is 256 g/mol. The van der Waals surface area contributed by atoms with E-state index in [1.807, 2.05) is 0 Å². The number of alkyl halides is 1. The Balaban J connectivity index is 2.18. The zero-order chi connectivity index (χ0) is 13.3. The van der Waals surface area contributed by atoms with Crippen molar-refractivity contribution in [2.75, 3.05) is 13.0 Å². The number of carbonyl (C=O) groups excluding carboxylic acids is 1. The monoisotopic (exact) mass is 268 g/mol. The van der Waals surface area contributed by atoms with E-state index >= 15 is 0 Å². The number of esters is 1. The van der Waals surface area contributed by atoms with E-state index in [4.69, 9.17) is 16.7 Å². The number of halogens is 1. The van der Waals surface area contributed by atoms with Crippen LogP contribution in [0.4, 0.5) is 0 Å². The minimum absolute atomic E-state index is 0.0702. The summed E-state index contributed by atoms with van der Waals surface area (Å²) in [6.45, 7) is 0. The predicted octanol–water partition coefficient (Wildman–Crippen LogP) is 2.27. The summed E-state index contributed by atoms with van der Waals surface area (Å²) in [5.74, 6) is -1.23. The van der Waals surface area contributed by atoms with Crippen molar-refractivity contribution in [1.82, 2.24) is 0 Å². The topological polar surface area (TPSA) is 63.6 Å². The molecule has 1 fully saturated rings. The van der Waals surface area contributed by atoms with E-state index in [0.29, 0.717) is 12.0 Å². The maximum Gasteiger partial charge on any atom is 0.337 e. The summed E-state index contributed by atoms with van der Waals surface area (Å²) in [4.78, 5) is 22.4. The van der Waals surface area contributed by atoms with Gasteiger partial charge in [-0.15, -0.1) is 11.6 Å². The molecule has 0 bridgehead atoms. The summed E-state index contributed by atoms with van der Waals surface area (Å²) >= 11 is 5.74. The molecule has 0 radical (unpaired) electrons. The van der Waals surface area contributed by atoms with Gasteiger partial charge in [0.05, 0.1) is 18.1 Å². The summed E-state index contributed by atoms with van der Waals surface area (Å²) in [5.41, 5.74) is 0.508. The van der Waals surface area contributed by atoms with Gasteiger partial charge in [0.2, 0.25) is 0 Å². The Morgan fingerprint density at radius 3 is 2.44 bits per heavy atom. The Kier molecular flexibility index (Phi) is 3.30. The molecule has 4 nitrogen and oxygen atoms in total. The third kappa shape index (κ3) is 1.97. The van der Waals surface area contributed by atoms with Gasteiger partial charge in [-0.1, -0.05) is 12.1 Å². The first-order valence-electron chi connectivity index (χ1n) is 5.53. The molecule has 96 valence electrons. The number of carboxylic acid groups (broad SMARTS) is 1. The van der Waals surface area contributed by atoms with E-state index < -0.39 is 17.4 Å². The molecule has 1 aliphatic rings.